The van der Waals surface area contributed by atoms with Gasteiger partial charge in [-0.1, -0.05) is 29.8 Å². The van der Waals surface area contributed by atoms with Crippen LogP contribution < -0.4 is 0 Å². The third kappa shape index (κ3) is 1.36. The van der Waals surface area contributed by atoms with Crippen LogP contribution in [0.5, 0.6) is 0 Å². The molecular weight excluding hydrogens is 194 g/mol. The first kappa shape index (κ1) is 9.34. The molecule has 0 N–H and O–H groups in total. The molecule has 2 aromatic carbocycles. The van der Waals surface area contributed by atoms with Gasteiger partial charge in [0.25, 0.3) is 0 Å². The number of hydrogen-bond donors (Lipinski definition) is 0. The maximum absolute atomic E-state index is 4.72. The van der Waals surface area contributed by atoms with E-state index in [0.29, 0.717) is 0 Å². The fourth-order valence-electron chi connectivity index (χ4n) is 2.25. The standard InChI is InChI=1S/C15H13N/c1-10-7-11(2)15-13(8-10)9-12-5-3-4-6-14(12)16-15/h3-9H,1-2H3. The molecule has 0 spiro atoms. The number of nitrogens with zero attached hydrogens (tertiary/aromatic N) is 1. The summed E-state index contributed by atoms with van der Waals surface area (Å²) in [7, 11) is 0. The second-order valence-electron chi connectivity index (χ2n) is 4.33. The average Bonchev–Trinajstić information content (AvgIpc) is 2.27. The van der Waals surface area contributed by atoms with E-state index >= 15 is 0 Å². The van der Waals surface area contributed by atoms with Gasteiger partial charge < -0.3 is 0 Å². The van der Waals surface area contributed by atoms with Crippen molar-refractivity contribution in [1.29, 1.82) is 0 Å². The van der Waals surface area contributed by atoms with E-state index < -0.39 is 0 Å². The van der Waals surface area contributed by atoms with E-state index in [2.05, 4.69) is 50.2 Å². The highest BCUT2D eigenvalue weighted by Crippen LogP contribution is 2.23. The molecule has 0 aliphatic rings. The molecule has 16 heavy (non-hydrogen) atoms. The first-order chi connectivity index (χ1) is 7.74. The second-order valence-corrected chi connectivity index (χ2v) is 4.33. The van der Waals surface area contributed by atoms with Gasteiger partial charge in [0.05, 0.1) is 11.0 Å². The van der Waals surface area contributed by atoms with Crippen LogP contribution >= 0.6 is 0 Å². The quantitative estimate of drug-likeness (QED) is 0.508. The molecule has 0 amide bonds. The zero-order valence-electron chi connectivity index (χ0n) is 9.49. The number of pyridine rings is 1. The number of aromatic nitrogens is 1. The lowest BCUT2D eigenvalue weighted by Gasteiger charge is -2.05. The molecule has 0 aliphatic carbocycles. The molecule has 1 heteroatoms. The van der Waals surface area contributed by atoms with E-state index in [4.69, 9.17) is 4.98 Å². The number of para-hydroxylation sites is 1. The molecule has 78 valence electrons. The van der Waals surface area contributed by atoms with Crippen molar-refractivity contribution in [3.05, 3.63) is 53.6 Å². The van der Waals surface area contributed by atoms with Gasteiger partial charge >= 0.3 is 0 Å². The summed E-state index contributed by atoms with van der Waals surface area (Å²) in [6, 6.07) is 14.9. The Morgan fingerprint density at radius 2 is 1.69 bits per heavy atom. The van der Waals surface area contributed by atoms with E-state index in [1.807, 2.05) is 6.07 Å². The molecular formula is C15H13N. The molecule has 0 radical (unpaired) electrons. The summed E-state index contributed by atoms with van der Waals surface area (Å²) in [5.41, 5.74) is 4.73. The molecule has 3 aromatic rings. The summed E-state index contributed by atoms with van der Waals surface area (Å²) in [6.45, 7) is 4.25. The summed E-state index contributed by atoms with van der Waals surface area (Å²) >= 11 is 0. The Labute approximate surface area is 94.7 Å². The van der Waals surface area contributed by atoms with Crippen molar-refractivity contribution < 1.29 is 0 Å². The van der Waals surface area contributed by atoms with Gasteiger partial charge in [-0.05, 0) is 37.6 Å². The highest BCUT2D eigenvalue weighted by atomic mass is 14.7. The summed E-state index contributed by atoms with van der Waals surface area (Å²) < 4.78 is 0. The van der Waals surface area contributed by atoms with E-state index in [-0.39, 0.29) is 0 Å². The number of hydrogen-bond acceptors (Lipinski definition) is 1. The van der Waals surface area contributed by atoms with E-state index in [1.165, 1.54) is 21.9 Å². The third-order valence-electron chi connectivity index (χ3n) is 2.95. The van der Waals surface area contributed by atoms with Gasteiger partial charge in [0.2, 0.25) is 0 Å². The molecule has 0 saturated heterocycles. The topological polar surface area (TPSA) is 12.9 Å². The minimum Gasteiger partial charge on any atom is -0.248 e. The van der Waals surface area contributed by atoms with Crippen molar-refractivity contribution in [2.24, 2.45) is 0 Å². The first-order valence-electron chi connectivity index (χ1n) is 5.51. The summed E-state index contributed by atoms with van der Waals surface area (Å²) in [4.78, 5) is 4.72. The fourth-order valence-corrected chi connectivity index (χ4v) is 2.25. The zero-order chi connectivity index (χ0) is 11.1. The largest absolute Gasteiger partial charge is 0.248 e. The minimum absolute atomic E-state index is 1.07. The number of fused-ring (bicyclic) bond motifs is 2. The lowest BCUT2D eigenvalue weighted by molar-refractivity contribution is 1.38. The number of benzene rings is 2. The number of rotatable bonds is 0. The van der Waals surface area contributed by atoms with Crippen molar-refractivity contribution >= 4 is 21.8 Å². The molecule has 0 unspecified atom stereocenters. The predicted molar refractivity (Wildman–Crippen MR) is 68.7 cm³/mol. The molecule has 3 rings (SSSR count). The van der Waals surface area contributed by atoms with Gasteiger partial charge in [-0.15, -0.1) is 0 Å². The fraction of sp³-hybridized carbons (Fsp3) is 0.133. The summed E-state index contributed by atoms with van der Waals surface area (Å²) in [5, 5.41) is 2.44. The van der Waals surface area contributed by atoms with Gasteiger partial charge in [-0.25, -0.2) is 4.98 Å². The van der Waals surface area contributed by atoms with E-state index in [1.54, 1.807) is 0 Å². The highest BCUT2D eigenvalue weighted by Gasteiger charge is 2.02. The normalized spacial score (nSPS) is 11.1. The van der Waals surface area contributed by atoms with Gasteiger partial charge in [0.1, 0.15) is 0 Å². The van der Waals surface area contributed by atoms with Crippen LogP contribution in [0, 0.1) is 13.8 Å². The predicted octanol–water partition coefficient (Wildman–Crippen LogP) is 4.00. The van der Waals surface area contributed by atoms with Crippen LogP contribution in [-0.2, 0) is 0 Å². The van der Waals surface area contributed by atoms with Crippen LogP contribution in [0.2, 0.25) is 0 Å². The smallest absolute Gasteiger partial charge is 0.0739 e. The van der Waals surface area contributed by atoms with Crippen LogP contribution in [0.3, 0.4) is 0 Å². The highest BCUT2D eigenvalue weighted by molar-refractivity contribution is 5.94. The Bertz CT molecular complexity index is 683. The van der Waals surface area contributed by atoms with Crippen molar-refractivity contribution in [3.8, 4) is 0 Å². The SMILES string of the molecule is Cc1cc(C)c2nc3ccccc3cc2c1. The summed E-state index contributed by atoms with van der Waals surface area (Å²) in [6.07, 6.45) is 0. The van der Waals surface area contributed by atoms with Crippen molar-refractivity contribution in [3.63, 3.8) is 0 Å². The average molecular weight is 207 g/mol. The molecule has 1 nitrogen and oxygen atoms in total. The molecule has 0 bridgehead atoms. The Balaban J connectivity index is 2.51. The van der Waals surface area contributed by atoms with Crippen molar-refractivity contribution in [2.45, 2.75) is 13.8 Å². The first-order valence-corrected chi connectivity index (χ1v) is 5.51. The van der Waals surface area contributed by atoms with Gasteiger partial charge in [0, 0.05) is 10.8 Å². The van der Waals surface area contributed by atoms with Gasteiger partial charge in [-0.2, -0.15) is 0 Å². The van der Waals surface area contributed by atoms with E-state index in [9.17, 15) is 0 Å². The van der Waals surface area contributed by atoms with Crippen molar-refractivity contribution in [2.75, 3.05) is 0 Å². The second kappa shape index (κ2) is 3.31. The molecule has 1 heterocycles. The zero-order valence-corrected chi connectivity index (χ0v) is 9.49. The Morgan fingerprint density at radius 1 is 0.875 bits per heavy atom. The lowest BCUT2D eigenvalue weighted by Crippen LogP contribution is -1.87. The maximum Gasteiger partial charge on any atom is 0.0739 e. The maximum atomic E-state index is 4.72. The molecule has 0 atom stereocenters. The Morgan fingerprint density at radius 3 is 2.56 bits per heavy atom. The lowest BCUT2D eigenvalue weighted by atomic mass is 10.0. The van der Waals surface area contributed by atoms with Crippen molar-refractivity contribution in [1.82, 2.24) is 4.98 Å². The van der Waals surface area contributed by atoms with Crippen LogP contribution in [0.25, 0.3) is 21.8 Å². The van der Waals surface area contributed by atoms with Gasteiger partial charge in [-0.3, -0.25) is 0 Å². The molecule has 0 saturated carbocycles. The Kier molecular flexibility index (Phi) is 1.93. The van der Waals surface area contributed by atoms with E-state index in [0.717, 1.165) is 11.0 Å². The number of aryl methyl sites for hydroxylation is 2. The van der Waals surface area contributed by atoms with Crippen LogP contribution in [0.15, 0.2) is 42.5 Å². The van der Waals surface area contributed by atoms with Gasteiger partial charge in [0.15, 0.2) is 0 Å². The minimum atomic E-state index is 1.07. The monoisotopic (exact) mass is 207 g/mol. The Hall–Kier alpha value is -1.89. The van der Waals surface area contributed by atoms with Crippen LogP contribution in [0.4, 0.5) is 0 Å². The van der Waals surface area contributed by atoms with Crippen LogP contribution in [-0.4, -0.2) is 4.98 Å². The summed E-state index contributed by atoms with van der Waals surface area (Å²) in [5.74, 6) is 0. The third-order valence-corrected chi connectivity index (χ3v) is 2.95. The molecule has 0 aliphatic heterocycles. The molecule has 1 aromatic heterocycles. The van der Waals surface area contributed by atoms with Crippen LogP contribution in [0.1, 0.15) is 11.1 Å². The molecule has 0 fully saturated rings.